The molecule has 0 saturated heterocycles. The lowest BCUT2D eigenvalue weighted by molar-refractivity contribution is 1.32. The Bertz CT molecular complexity index is 381. The van der Waals surface area contributed by atoms with Gasteiger partial charge in [0.15, 0.2) is 0 Å². The summed E-state index contributed by atoms with van der Waals surface area (Å²) in [7, 11) is 0. The normalized spacial score (nSPS) is 9.92. The number of aromatic nitrogens is 1. The van der Waals surface area contributed by atoms with E-state index in [2.05, 4.69) is 11.1 Å². The van der Waals surface area contributed by atoms with Crippen LogP contribution in [0, 0.1) is 6.07 Å². The lowest BCUT2D eigenvalue weighted by Crippen LogP contribution is -1.81. The van der Waals surface area contributed by atoms with E-state index in [1.54, 1.807) is 12.3 Å². The molecule has 0 spiro atoms. The van der Waals surface area contributed by atoms with Gasteiger partial charge in [-0.25, -0.2) is 0 Å². The molecule has 0 saturated carbocycles. The van der Waals surface area contributed by atoms with Gasteiger partial charge in [0, 0.05) is 17.8 Å². The Morgan fingerprint density at radius 2 is 1.92 bits per heavy atom. The van der Waals surface area contributed by atoms with Crippen molar-refractivity contribution in [2.24, 2.45) is 0 Å². The van der Waals surface area contributed by atoms with Crippen LogP contribution in [0.4, 0.5) is 0 Å². The van der Waals surface area contributed by atoms with Crippen LogP contribution in [0.5, 0.6) is 0 Å². The fourth-order valence-corrected chi connectivity index (χ4v) is 1.20. The fourth-order valence-electron chi connectivity index (χ4n) is 1.09. The van der Waals surface area contributed by atoms with Crippen molar-refractivity contribution >= 4 is 11.6 Å². The summed E-state index contributed by atoms with van der Waals surface area (Å²) in [6.07, 6.45) is 1.63. The molecule has 0 N–H and O–H groups in total. The first kappa shape index (κ1) is 8.27. The Morgan fingerprint density at radius 3 is 2.54 bits per heavy atom. The topological polar surface area (TPSA) is 12.9 Å². The van der Waals surface area contributed by atoms with Crippen molar-refractivity contribution in [1.29, 1.82) is 0 Å². The van der Waals surface area contributed by atoms with Crippen LogP contribution in [0.25, 0.3) is 11.3 Å². The van der Waals surface area contributed by atoms with Crippen molar-refractivity contribution in [2.75, 3.05) is 0 Å². The first-order valence-corrected chi connectivity index (χ1v) is 4.33. The Balaban J connectivity index is 2.42. The van der Waals surface area contributed by atoms with Crippen LogP contribution in [0.2, 0.25) is 5.02 Å². The lowest BCUT2D eigenvalue weighted by Gasteiger charge is -1.98. The molecule has 0 atom stereocenters. The van der Waals surface area contributed by atoms with Crippen molar-refractivity contribution in [1.82, 2.24) is 4.98 Å². The molecule has 2 heteroatoms. The van der Waals surface area contributed by atoms with Crippen LogP contribution >= 0.6 is 11.6 Å². The maximum atomic E-state index is 5.71. The van der Waals surface area contributed by atoms with Gasteiger partial charge in [0.05, 0.1) is 10.7 Å². The summed E-state index contributed by atoms with van der Waals surface area (Å²) < 4.78 is 0. The van der Waals surface area contributed by atoms with Crippen LogP contribution in [-0.4, -0.2) is 4.98 Å². The van der Waals surface area contributed by atoms with Gasteiger partial charge in [-0.1, -0.05) is 41.9 Å². The van der Waals surface area contributed by atoms with Crippen molar-refractivity contribution in [3.8, 4) is 11.3 Å². The van der Waals surface area contributed by atoms with Gasteiger partial charge in [-0.05, 0) is 6.07 Å². The number of rotatable bonds is 1. The standard InChI is InChI=1S/C11H7ClN/c12-10-6-7-11(13-8-10)9-4-2-1-3-5-9/h1-6,8H. The molecule has 1 heterocycles. The van der Waals surface area contributed by atoms with Gasteiger partial charge in [-0.3, -0.25) is 4.98 Å². The molecule has 0 unspecified atom stereocenters. The predicted molar refractivity (Wildman–Crippen MR) is 53.5 cm³/mol. The first-order valence-electron chi connectivity index (χ1n) is 3.95. The van der Waals surface area contributed by atoms with Gasteiger partial charge in [0.25, 0.3) is 0 Å². The van der Waals surface area contributed by atoms with Crippen LogP contribution in [0.3, 0.4) is 0 Å². The summed E-state index contributed by atoms with van der Waals surface area (Å²) in [5.74, 6) is 0. The molecular formula is C11H7ClN. The molecule has 0 fully saturated rings. The van der Waals surface area contributed by atoms with Crippen LogP contribution in [-0.2, 0) is 0 Å². The summed E-state index contributed by atoms with van der Waals surface area (Å²) >= 11 is 5.71. The average Bonchev–Trinajstić information content (AvgIpc) is 2.20. The molecule has 1 nitrogen and oxygen atoms in total. The largest absolute Gasteiger partial charge is 0.254 e. The summed E-state index contributed by atoms with van der Waals surface area (Å²) in [6.45, 7) is 0. The van der Waals surface area contributed by atoms with Crippen molar-refractivity contribution in [3.05, 3.63) is 53.7 Å². The van der Waals surface area contributed by atoms with Crippen molar-refractivity contribution < 1.29 is 0 Å². The zero-order valence-corrected chi connectivity index (χ0v) is 7.62. The maximum Gasteiger partial charge on any atom is 0.0782 e. The molecule has 13 heavy (non-hydrogen) atoms. The average molecular weight is 189 g/mol. The van der Waals surface area contributed by atoms with E-state index in [0.717, 1.165) is 11.3 Å². The van der Waals surface area contributed by atoms with Gasteiger partial charge in [0.1, 0.15) is 0 Å². The maximum absolute atomic E-state index is 5.71. The molecule has 63 valence electrons. The van der Waals surface area contributed by atoms with E-state index in [-0.39, 0.29) is 0 Å². The number of halogens is 1. The molecule has 1 aromatic carbocycles. The van der Waals surface area contributed by atoms with Gasteiger partial charge >= 0.3 is 0 Å². The molecule has 0 aliphatic heterocycles. The van der Waals surface area contributed by atoms with E-state index in [1.165, 1.54) is 0 Å². The SMILES string of the molecule is Clc1c[c]c(-c2ccccc2)nc1. The zero-order valence-electron chi connectivity index (χ0n) is 6.87. The minimum absolute atomic E-state index is 0.611. The number of nitrogens with zero attached hydrogens (tertiary/aromatic N) is 1. The van der Waals surface area contributed by atoms with Crippen LogP contribution in [0.15, 0.2) is 42.6 Å². The van der Waals surface area contributed by atoms with E-state index >= 15 is 0 Å². The minimum atomic E-state index is 0.611. The molecule has 0 aliphatic carbocycles. The molecule has 1 radical (unpaired) electrons. The van der Waals surface area contributed by atoms with E-state index in [0.29, 0.717) is 5.02 Å². The predicted octanol–water partition coefficient (Wildman–Crippen LogP) is 3.20. The van der Waals surface area contributed by atoms with E-state index in [9.17, 15) is 0 Å². The van der Waals surface area contributed by atoms with Crippen molar-refractivity contribution in [3.63, 3.8) is 0 Å². The third kappa shape index (κ3) is 1.87. The van der Waals surface area contributed by atoms with Gasteiger partial charge in [-0.15, -0.1) is 0 Å². The molecule has 0 bridgehead atoms. The van der Waals surface area contributed by atoms with Crippen LogP contribution in [0.1, 0.15) is 0 Å². The summed E-state index contributed by atoms with van der Waals surface area (Å²) in [4.78, 5) is 4.16. The molecule has 1 aromatic heterocycles. The Morgan fingerprint density at radius 1 is 1.15 bits per heavy atom. The highest BCUT2D eigenvalue weighted by Crippen LogP contribution is 2.16. The first-order chi connectivity index (χ1) is 6.36. The monoisotopic (exact) mass is 188 g/mol. The highest BCUT2D eigenvalue weighted by atomic mass is 35.5. The second-order valence-electron chi connectivity index (χ2n) is 2.65. The highest BCUT2D eigenvalue weighted by Gasteiger charge is 1.96. The molecule has 0 amide bonds. The van der Waals surface area contributed by atoms with E-state index in [4.69, 9.17) is 11.6 Å². The Kier molecular flexibility index (Phi) is 2.28. The van der Waals surface area contributed by atoms with Gasteiger partial charge < -0.3 is 0 Å². The van der Waals surface area contributed by atoms with Gasteiger partial charge in [-0.2, -0.15) is 0 Å². The minimum Gasteiger partial charge on any atom is -0.254 e. The Labute approximate surface area is 82.0 Å². The van der Waals surface area contributed by atoms with Crippen LogP contribution < -0.4 is 0 Å². The highest BCUT2D eigenvalue weighted by molar-refractivity contribution is 6.30. The fraction of sp³-hybridized carbons (Fsp3) is 0. The Hall–Kier alpha value is -1.34. The number of pyridine rings is 1. The molecule has 2 aromatic rings. The van der Waals surface area contributed by atoms with E-state index in [1.807, 2.05) is 30.3 Å². The van der Waals surface area contributed by atoms with Crippen molar-refractivity contribution in [2.45, 2.75) is 0 Å². The quantitative estimate of drug-likeness (QED) is 0.670. The second-order valence-corrected chi connectivity index (χ2v) is 3.08. The molecule has 0 aliphatic rings. The molecular weight excluding hydrogens is 182 g/mol. The number of benzene rings is 1. The van der Waals surface area contributed by atoms with E-state index < -0.39 is 0 Å². The summed E-state index contributed by atoms with van der Waals surface area (Å²) in [5, 5.41) is 0.611. The number of hydrogen-bond donors (Lipinski definition) is 0. The smallest absolute Gasteiger partial charge is 0.0782 e. The lowest BCUT2D eigenvalue weighted by atomic mass is 10.1. The third-order valence-electron chi connectivity index (χ3n) is 1.71. The second kappa shape index (κ2) is 3.58. The summed E-state index contributed by atoms with van der Waals surface area (Å²) in [6, 6.07) is 14.6. The third-order valence-corrected chi connectivity index (χ3v) is 1.92. The zero-order chi connectivity index (χ0) is 9.10. The number of hydrogen-bond acceptors (Lipinski definition) is 1. The molecule has 2 rings (SSSR count). The summed E-state index contributed by atoms with van der Waals surface area (Å²) in [5.41, 5.74) is 1.88. The van der Waals surface area contributed by atoms with Gasteiger partial charge in [0.2, 0.25) is 0 Å².